The number of benzene rings is 2. The van der Waals surface area contributed by atoms with Gasteiger partial charge in [0.2, 0.25) is 0 Å². The lowest BCUT2D eigenvalue weighted by atomic mass is 10.1. The molecule has 0 spiro atoms. The van der Waals surface area contributed by atoms with E-state index in [1.165, 1.54) is 0 Å². The van der Waals surface area contributed by atoms with Crippen LogP contribution in [0, 0.1) is 6.92 Å². The van der Waals surface area contributed by atoms with Gasteiger partial charge in [-0.05, 0) is 36.8 Å². The van der Waals surface area contributed by atoms with Gasteiger partial charge in [0.1, 0.15) is 0 Å². The van der Waals surface area contributed by atoms with Crippen LogP contribution in [-0.2, 0) is 0 Å². The molecule has 0 heterocycles. The average molecular weight is 261 g/mol. The Morgan fingerprint density at radius 2 is 1.89 bits per heavy atom. The fourth-order valence-corrected chi connectivity index (χ4v) is 1.81. The molecule has 0 bridgehead atoms. The molecule has 18 heavy (non-hydrogen) atoms. The predicted molar refractivity (Wildman–Crippen MR) is 75.0 cm³/mol. The van der Waals surface area contributed by atoms with Crippen LogP contribution in [0.2, 0.25) is 5.02 Å². The van der Waals surface area contributed by atoms with Gasteiger partial charge in [0.25, 0.3) is 5.91 Å². The highest BCUT2D eigenvalue weighted by atomic mass is 35.5. The van der Waals surface area contributed by atoms with Gasteiger partial charge in [-0.3, -0.25) is 4.79 Å². The summed E-state index contributed by atoms with van der Waals surface area (Å²) in [5.74, 6) is -0.238. The molecule has 0 aliphatic heterocycles. The Morgan fingerprint density at radius 1 is 1.17 bits per heavy atom. The fourth-order valence-electron chi connectivity index (χ4n) is 1.64. The Balaban J connectivity index is 2.27. The Morgan fingerprint density at radius 3 is 2.61 bits per heavy atom. The van der Waals surface area contributed by atoms with Crippen molar-refractivity contribution in [1.29, 1.82) is 0 Å². The normalized spacial score (nSPS) is 10.1. The number of carbonyl (C=O) groups excluding carboxylic acids is 1. The van der Waals surface area contributed by atoms with Crippen LogP contribution in [0.25, 0.3) is 0 Å². The third-order valence-electron chi connectivity index (χ3n) is 2.72. The summed E-state index contributed by atoms with van der Waals surface area (Å²) in [6.45, 7) is 1.85. The lowest BCUT2D eigenvalue weighted by Crippen LogP contribution is -2.14. The van der Waals surface area contributed by atoms with Gasteiger partial charge in [0, 0.05) is 16.4 Å². The van der Waals surface area contributed by atoms with Crippen molar-refractivity contribution in [3.63, 3.8) is 0 Å². The molecule has 1 amide bonds. The van der Waals surface area contributed by atoms with Crippen LogP contribution in [0.15, 0.2) is 42.5 Å². The van der Waals surface area contributed by atoms with Crippen molar-refractivity contribution < 1.29 is 4.79 Å². The van der Waals surface area contributed by atoms with E-state index >= 15 is 0 Å². The Labute approximate surface area is 111 Å². The van der Waals surface area contributed by atoms with E-state index in [-0.39, 0.29) is 5.91 Å². The molecule has 0 saturated carbocycles. The molecule has 4 heteroatoms. The fraction of sp³-hybridized carbons (Fsp3) is 0.0714. The second kappa shape index (κ2) is 5.10. The number of para-hydroxylation sites is 1. The van der Waals surface area contributed by atoms with Crippen LogP contribution in [-0.4, -0.2) is 5.91 Å². The zero-order chi connectivity index (χ0) is 13.1. The molecule has 0 atom stereocenters. The Bertz CT molecular complexity index is 596. The molecule has 0 radical (unpaired) electrons. The van der Waals surface area contributed by atoms with E-state index in [2.05, 4.69) is 5.32 Å². The Kier molecular flexibility index (Phi) is 3.53. The second-order valence-electron chi connectivity index (χ2n) is 3.95. The molecule has 0 aromatic heterocycles. The Hall–Kier alpha value is -2.00. The number of carbonyl (C=O) groups is 1. The first kappa shape index (κ1) is 12.5. The smallest absolute Gasteiger partial charge is 0.257 e. The van der Waals surface area contributed by atoms with E-state index in [1.807, 2.05) is 6.92 Å². The SMILES string of the molecule is Cc1c(Cl)cccc1NC(=O)c1ccccc1N. The zero-order valence-electron chi connectivity index (χ0n) is 9.91. The molecule has 3 N–H and O–H groups in total. The van der Waals surface area contributed by atoms with Crippen molar-refractivity contribution in [2.45, 2.75) is 6.92 Å². The molecule has 2 aromatic rings. The van der Waals surface area contributed by atoms with E-state index in [0.29, 0.717) is 22.0 Å². The number of hydrogen-bond acceptors (Lipinski definition) is 2. The summed E-state index contributed by atoms with van der Waals surface area (Å²) in [7, 11) is 0. The maximum absolute atomic E-state index is 12.1. The first-order valence-corrected chi connectivity index (χ1v) is 5.88. The van der Waals surface area contributed by atoms with Gasteiger partial charge in [-0.1, -0.05) is 29.8 Å². The topological polar surface area (TPSA) is 55.1 Å². The summed E-state index contributed by atoms with van der Waals surface area (Å²) < 4.78 is 0. The lowest BCUT2D eigenvalue weighted by molar-refractivity contribution is 0.102. The number of hydrogen-bond donors (Lipinski definition) is 2. The number of nitrogen functional groups attached to an aromatic ring is 1. The van der Waals surface area contributed by atoms with Crippen LogP contribution >= 0.6 is 11.6 Å². The van der Waals surface area contributed by atoms with Crippen molar-refractivity contribution in [2.24, 2.45) is 0 Å². The molecule has 0 aliphatic carbocycles. The maximum atomic E-state index is 12.1. The lowest BCUT2D eigenvalue weighted by Gasteiger charge is -2.10. The summed E-state index contributed by atoms with van der Waals surface area (Å²) in [5.41, 5.74) is 8.19. The molecule has 0 unspecified atom stereocenters. The van der Waals surface area contributed by atoms with Crippen LogP contribution in [0.4, 0.5) is 11.4 Å². The van der Waals surface area contributed by atoms with Crippen molar-refractivity contribution in [3.8, 4) is 0 Å². The minimum absolute atomic E-state index is 0.238. The number of nitrogens with one attached hydrogen (secondary N) is 1. The first-order valence-electron chi connectivity index (χ1n) is 5.50. The third-order valence-corrected chi connectivity index (χ3v) is 3.13. The number of amides is 1. The summed E-state index contributed by atoms with van der Waals surface area (Å²) in [4.78, 5) is 12.1. The molecule has 2 rings (SSSR count). The van der Waals surface area contributed by atoms with Gasteiger partial charge in [0.05, 0.1) is 5.56 Å². The number of halogens is 1. The number of nitrogens with two attached hydrogens (primary N) is 1. The standard InChI is InChI=1S/C14H13ClN2O/c1-9-11(15)6-4-8-13(9)17-14(18)10-5-2-3-7-12(10)16/h2-8H,16H2,1H3,(H,17,18). The van der Waals surface area contributed by atoms with E-state index in [1.54, 1.807) is 42.5 Å². The van der Waals surface area contributed by atoms with Crippen LogP contribution < -0.4 is 11.1 Å². The largest absolute Gasteiger partial charge is 0.398 e. The molecule has 0 saturated heterocycles. The van der Waals surface area contributed by atoms with Gasteiger partial charge in [-0.15, -0.1) is 0 Å². The van der Waals surface area contributed by atoms with Crippen molar-refractivity contribution in [2.75, 3.05) is 11.1 Å². The van der Waals surface area contributed by atoms with Crippen molar-refractivity contribution in [3.05, 3.63) is 58.6 Å². The second-order valence-corrected chi connectivity index (χ2v) is 4.36. The monoisotopic (exact) mass is 260 g/mol. The summed E-state index contributed by atoms with van der Waals surface area (Å²) in [6, 6.07) is 12.3. The summed E-state index contributed by atoms with van der Waals surface area (Å²) in [6.07, 6.45) is 0. The maximum Gasteiger partial charge on any atom is 0.257 e. The van der Waals surface area contributed by atoms with E-state index in [9.17, 15) is 4.79 Å². The first-order chi connectivity index (χ1) is 8.59. The molecule has 0 fully saturated rings. The van der Waals surface area contributed by atoms with Crippen LogP contribution in [0.1, 0.15) is 15.9 Å². The molecule has 2 aromatic carbocycles. The predicted octanol–water partition coefficient (Wildman–Crippen LogP) is 3.48. The minimum Gasteiger partial charge on any atom is -0.398 e. The van der Waals surface area contributed by atoms with Crippen LogP contribution in [0.3, 0.4) is 0 Å². The third kappa shape index (κ3) is 2.46. The van der Waals surface area contributed by atoms with Crippen molar-refractivity contribution in [1.82, 2.24) is 0 Å². The van der Waals surface area contributed by atoms with Gasteiger partial charge in [-0.25, -0.2) is 0 Å². The average Bonchev–Trinajstić information content (AvgIpc) is 2.35. The quantitative estimate of drug-likeness (QED) is 0.812. The molecule has 3 nitrogen and oxygen atoms in total. The number of rotatable bonds is 2. The summed E-state index contributed by atoms with van der Waals surface area (Å²) in [5, 5.41) is 3.42. The van der Waals surface area contributed by atoms with Crippen molar-refractivity contribution >= 4 is 28.9 Å². The number of anilines is 2. The highest BCUT2D eigenvalue weighted by Gasteiger charge is 2.11. The van der Waals surface area contributed by atoms with Gasteiger partial charge in [0.15, 0.2) is 0 Å². The highest BCUT2D eigenvalue weighted by molar-refractivity contribution is 6.31. The zero-order valence-corrected chi connectivity index (χ0v) is 10.7. The van der Waals surface area contributed by atoms with Gasteiger partial charge >= 0.3 is 0 Å². The van der Waals surface area contributed by atoms with E-state index < -0.39 is 0 Å². The molecular formula is C14H13ClN2O. The van der Waals surface area contributed by atoms with Crippen LogP contribution in [0.5, 0.6) is 0 Å². The van der Waals surface area contributed by atoms with Gasteiger partial charge in [-0.2, -0.15) is 0 Å². The highest BCUT2D eigenvalue weighted by Crippen LogP contribution is 2.24. The van der Waals surface area contributed by atoms with Gasteiger partial charge < -0.3 is 11.1 Å². The molecule has 0 aliphatic rings. The van der Waals surface area contributed by atoms with E-state index in [4.69, 9.17) is 17.3 Å². The van der Waals surface area contributed by atoms with E-state index in [0.717, 1.165) is 5.56 Å². The molecule has 92 valence electrons. The summed E-state index contributed by atoms with van der Waals surface area (Å²) >= 11 is 6.00. The minimum atomic E-state index is -0.238. The molecular weight excluding hydrogens is 248 g/mol.